The number of carboxylic acid groups (broad SMARTS) is 1. The van der Waals surface area contributed by atoms with Crippen molar-refractivity contribution in [3.05, 3.63) is 35.1 Å². The predicted molar refractivity (Wildman–Crippen MR) is 124 cm³/mol. The zero-order valence-electron chi connectivity index (χ0n) is 17.6. The molecule has 2 aliphatic heterocycles. The average molecular weight is 501 g/mol. The van der Waals surface area contributed by atoms with E-state index in [1.807, 2.05) is 35.1 Å². The highest BCUT2D eigenvalue weighted by Gasteiger charge is 2.25. The van der Waals surface area contributed by atoms with Crippen LogP contribution in [0.4, 0.5) is 10.6 Å². The van der Waals surface area contributed by atoms with Crippen LogP contribution in [0.2, 0.25) is 0 Å². The zero-order valence-corrected chi connectivity index (χ0v) is 19.2. The minimum absolute atomic E-state index is 0.0998. The van der Waals surface area contributed by atoms with Crippen LogP contribution < -0.4 is 10.2 Å². The van der Waals surface area contributed by atoms with E-state index in [0.29, 0.717) is 6.54 Å². The van der Waals surface area contributed by atoms with Gasteiger partial charge in [-0.25, -0.2) is 19.4 Å². The topological polar surface area (TPSA) is 105 Å². The lowest BCUT2D eigenvalue weighted by Gasteiger charge is -2.33. The number of carbonyl (C=O) groups is 1. The Hall–Kier alpha value is -2.72. The second kappa shape index (κ2) is 9.03. The molecule has 5 heterocycles. The first-order valence-electron chi connectivity index (χ1n) is 11.0. The van der Waals surface area contributed by atoms with E-state index < -0.39 is 6.09 Å². The molecule has 1 amide bonds. The average Bonchev–Trinajstić information content (AvgIpc) is 3.18. The summed E-state index contributed by atoms with van der Waals surface area (Å²) in [6.07, 6.45) is 5.58. The minimum atomic E-state index is -0.986. The quantitative estimate of drug-likeness (QED) is 0.517. The Morgan fingerprint density at radius 3 is 2.97 bits per heavy atom. The van der Waals surface area contributed by atoms with Gasteiger partial charge in [0.2, 0.25) is 0 Å². The van der Waals surface area contributed by atoms with Gasteiger partial charge in [-0.05, 0) is 66.2 Å². The summed E-state index contributed by atoms with van der Waals surface area (Å²) in [6, 6.07) is 7.77. The van der Waals surface area contributed by atoms with Gasteiger partial charge in [-0.1, -0.05) is 6.07 Å². The van der Waals surface area contributed by atoms with E-state index >= 15 is 0 Å². The first kappa shape index (κ1) is 21.1. The smallest absolute Gasteiger partial charge is 0.404 e. The summed E-state index contributed by atoms with van der Waals surface area (Å²) in [5.74, 6) is 0.823. The number of hydrogen-bond acceptors (Lipinski definition) is 6. The maximum absolute atomic E-state index is 11.1. The van der Waals surface area contributed by atoms with Gasteiger partial charge in [0.25, 0.3) is 0 Å². The number of pyridine rings is 2. The maximum atomic E-state index is 11.1. The van der Waals surface area contributed by atoms with E-state index in [0.717, 1.165) is 78.0 Å². The van der Waals surface area contributed by atoms with Crippen molar-refractivity contribution in [2.24, 2.45) is 0 Å². The molecule has 2 saturated heterocycles. The summed E-state index contributed by atoms with van der Waals surface area (Å²) in [4.78, 5) is 22.5. The van der Waals surface area contributed by atoms with Crippen molar-refractivity contribution in [1.82, 2.24) is 25.1 Å². The molecule has 2 fully saturated rings. The summed E-state index contributed by atoms with van der Waals surface area (Å²) in [5, 5.41) is 17.6. The number of amides is 1. The van der Waals surface area contributed by atoms with Crippen LogP contribution in [-0.2, 0) is 4.74 Å². The van der Waals surface area contributed by atoms with E-state index in [4.69, 9.17) is 19.9 Å². The van der Waals surface area contributed by atoms with Gasteiger partial charge in [-0.2, -0.15) is 5.10 Å². The lowest BCUT2D eigenvalue weighted by atomic mass is 10.1. The maximum Gasteiger partial charge on any atom is 0.404 e. The fourth-order valence-corrected chi connectivity index (χ4v) is 4.88. The van der Waals surface area contributed by atoms with Crippen LogP contribution in [0, 0.1) is 0 Å². The third-order valence-electron chi connectivity index (χ3n) is 6.04. The molecular formula is C22H25BrN6O3. The minimum Gasteiger partial charge on any atom is -0.465 e. The largest absolute Gasteiger partial charge is 0.465 e. The molecule has 0 aromatic carbocycles. The van der Waals surface area contributed by atoms with Crippen LogP contribution in [0.5, 0.6) is 0 Å². The van der Waals surface area contributed by atoms with Crippen molar-refractivity contribution < 1.29 is 14.6 Å². The molecule has 0 bridgehead atoms. The van der Waals surface area contributed by atoms with Gasteiger partial charge in [0.05, 0.1) is 17.4 Å². The summed E-state index contributed by atoms with van der Waals surface area (Å²) in [7, 11) is 0. The third-order valence-corrected chi connectivity index (χ3v) is 6.47. The van der Waals surface area contributed by atoms with Crippen molar-refractivity contribution in [3.63, 3.8) is 0 Å². The number of piperidine rings is 1. The lowest BCUT2D eigenvalue weighted by Crippen LogP contribution is -2.47. The van der Waals surface area contributed by atoms with Crippen molar-refractivity contribution >= 4 is 38.7 Å². The molecule has 2 aliphatic rings. The molecule has 0 saturated carbocycles. The molecule has 0 radical (unpaired) electrons. The Kier molecular flexibility index (Phi) is 5.97. The molecule has 3 aromatic heterocycles. The number of aromatic nitrogens is 4. The standard InChI is InChI=1S/C22H25BrN6O3/c23-18-11-15-17(12-24-18)29(20-8-1-2-10-32-20)27-21(15)16-6-3-7-19(26-16)28-9-4-5-14(13-28)25-22(30)31/h3,6-7,11-12,14,20,25H,1-2,4-5,8-10,13H2,(H,30,31)/t14-,20?/m0/s1. The second-order valence-electron chi connectivity index (χ2n) is 8.25. The number of ether oxygens (including phenoxy) is 1. The van der Waals surface area contributed by atoms with Gasteiger partial charge in [-0.15, -0.1) is 0 Å². The SMILES string of the molecule is O=C(O)N[C@H]1CCCN(c2cccc(-c3nn(C4CCCCO4)c4cnc(Br)cc34)n2)C1. The van der Waals surface area contributed by atoms with Gasteiger partial charge in [0.15, 0.2) is 6.23 Å². The van der Waals surface area contributed by atoms with Gasteiger partial charge >= 0.3 is 6.09 Å². The molecule has 10 heteroatoms. The summed E-state index contributed by atoms with van der Waals surface area (Å²) in [5.41, 5.74) is 2.48. The van der Waals surface area contributed by atoms with Gasteiger partial charge < -0.3 is 20.1 Å². The summed E-state index contributed by atoms with van der Waals surface area (Å²) < 4.78 is 8.67. The Labute approximate surface area is 193 Å². The fraction of sp³-hybridized carbons (Fsp3) is 0.455. The lowest BCUT2D eigenvalue weighted by molar-refractivity contribution is -0.0365. The molecule has 32 heavy (non-hydrogen) atoms. The molecule has 2 N–H and O–H groups in total. The van der Waals surface area contributed by atoms with E-state index in [1.54, 1.807) is 0 Å². The summed E-state index contributed by atoms with van der Waals surface area (Å²) in [6.45, 7) is 2.18. The first-order valence-corrected chi connectivity index (χ1v) is 11.7. The van der Waals surface area contributed by atoms with E-state index in [9.17, 15) is 4.79 Å². The number of hydrogen-bond donors (Lipinski definition) is 2. The number of rotatable bonds is 4. The Morgan fingerprint density at radius 2 is 2.16 bits per heavy atom. The highest BCUT2D eigenvalue weighted by atomic mass is 79.9. The molecule has 5 rings (SSSR count). The number of anilines is 1. The van der Waals surface area contributed by atoms with Crippen LogP contribution in [0.1, 0.15) is 38.3 Å². The molecular weight excluding hydrogens is 476 g/mol. The monoisotopic (exact) mass is 500 g/mol. The zero-order chi connectivity index (χ0) is 22.1. The second-order valence-corrected chi connectivity index (χ2v) is 9.07. The number of halogens is 1. The Balaban J connectivity index is 1.50. The van der Waals surface area contributed by atoms with Crippen LogP contribution in [0.25, 0.3) is 22.3 Å². The number of fused-ring (bicyclic) bond motifs is 1. The number of nitrogens with zero attached hydrogens (tertiary/aromatic N) is 5. The van der Waals surface area contributed by atoms with Crippen molar-refractivity contribution in [2.75, 3.05) is 24.6 Å². The van der Waals surface area contributed by atoms with Crippen molar-refractivity contribution in [2.45, 2.75) is 44.4 Å². The van der Waals surface area contributed by atoms with Crippen LogP contribution >= 0.6 is 15.9 Å². The normalized spacial score (nSPS) is 21.6. The number of nitrogens with one attached hydrogen (secondary N) is 1. The third kappa shape index (κ3) is 4.29. The van der Waals surface area contributed by atoms with Gasteiger partial charge in [0.1, 0.15) is 16.1 Å². The van der Waals surface area contributed by atoms with Crippen molar-refractivity contribution in [3.8, 4) is 11.4 Å². The van der Waals surface area contributed by atoms with Crippen LogP contribution in [-0.4, -0.2) is 56.7 Å². The molecule has 9 nitrogen and oxygen atoms in total. The Bertz CT molecular complexity index is 1130. The first-order chi connectivity index (χ1) is 15.6. The van der Waals surface area contributed by atoms with E-state index in [-0.39, 0.29) is 12.3 Å². The molecule has 3 aromatic rings. The highest BCUT2D eigenvalue weighted by Crippen LogP contribution is 2.33. The van der Waals surface area contributed by atoms with E-state index in [1.165, 1.54) is 0 Å². The fourth-order valence-electron chi connectivity index (χ4n) is 4.54. The molecule has 168 valence electrons. The molecule has 0 aliphatic carbocycles. The molecule has 0 spiro atoms. The highest BCUT2D eigenvalue weighted by molar-refractivity contribution is 9.10. The Morgan fingerprint density at radius 1 is 1.25 bits per heavy atom. The molecule has 1 unspecified atom stereocenters. The van der Waals surface area contributed by atoms with Crippen molar-refractivity contribution in [1.29, 1.82) is 0 Å². The molecule has 2 atom stereocenters. The van der Waals surface area contributed by atoms with E-state index in [2.05, 4.69) is 31.1 Å². The predicted octanol–water partition coefficient (Wildman–Crippen LogP) is 4.19. The van der Waals surface area contributed by atoms with Gasteiger partial charge in [-0.3, -0.25) is 0 Å². The summed E-state index contributed by atoms with van der Waals surface area (Å²) >= 11 is 3.48. The van der Waals surface area contributed by atoms with Crippen LogP contribution in [0.15, 0.2) is 35.1 Å². The van der Waals surface area contributed by atoms with Gasteiger partial charge in [0, 0.05) is 31.1 Å². The van der Waals surface area contributed by atoms with Crippen LogP contribution in [0.3, 0.4) is 0 Å².